The molecule has 14 heteroatoms. The van der Waals surface area contributed by atoms with E-state index in [0.29, 0.717) is 12.2 Å². The number of carbonyl (C=O) groups is 3. The third-order valence-electron chi connectivity index (χ3n) is 7.40. The number of aromatic hydroxyl groups is 1. The Hall–Kier alpha value is -4.29. The molecule has 0 aliphatic rings. The van der Waals surface area contributed by atoms with E-state index in [9.17, 15) is 27.9 Å². The Bertz CT molecular complexity index is 1980. The summed E-state index contributed by atoms with van der Waals surface area (Å²) in [7, 11) is -4.02. The second-order valence-electron chi connectivity index (χ2n) is 11.0. The highest BCUT2D eigenvalue weighted by Gasteiger charge is 2.33. The van der Waals surface area contributed by atoms with Crippen LogP contribution in [0.15, 0.2) is 77.7 Å². The number of sulfone groups is 1. The molecule has 0 spiro atoms. The van der Waals surface area contributed by atoms with Gasteiger partial charge in [0.2, 0.25) is 5.91 Å². The molecule has 0 radical (unpaired) electrons. The van der Waals surface area contributed by atoms with Crippen LogP contribution in [0.3, 0.4) is 0 Å². The highest BCUT2D eigenvalue weighted by Crippen LogP contribution is 2.37. The minimum Gasteiger partial charge on any atom is -0.506 e. The quantitative estimate of drug-likeness (QED) is 0.0747. The van der Waals surface area contributed by atoms with Crippen LogP contribution in [-0.2, 0) is 19.4 Å². The van der Waals surface area contributed by atoms with E-state index < -0.39 is 44.7 Å². The van der Waals surface area contributed by atoms with E-state index in [1.165, 1.54) is 30.3 Å². The normalized spacial score (nSPS) is 12.5. The Balaban J connectivity index is 1.46. The maximum absolute atomic E-state index is 13.1. The molecule has 0 heterocycles. The molecule has 4 rings (SSSR count). The molecule has 0 bridgehead atoms. The summed E-state index contributed by atoms with van der Waals surface area (Å²) >= 11 is 19.1. The molecule has 258 valence electrons. The van der Waals surface area contributed by atoms with E-state index >= 15 is 0 Å². The molecule has 2 amide bonds. The fourth-order valence-corrected chi connectivity index (χ4v) is 7.24. The van der Waals surface area contributed by atoms with Gasteiger partial charge in [0, 0.05) is 11.6 Å². The van der Waals surface area contributed by atoms with Crippen molar-refractivity contribution in [2.24, 2.45) is 0 Å². The van der Waals surface area contributed by atoms with Crippen LogP contribution >= 0.6 is 34.8 Å². The van der Waals surface area contributed by atoms with Crippen LogP contribution in [0, 0.1) is 13.8 Å². The van der Waals surface area contributed by atoms with Gasteiger partial charge in [0.15, 0.2) is 21.7 Å². The van der Waals surface area contributed by atoms with Crippen LogP contribution < -0.4 is 20.1 Å². The Morgan fingerprint density at radius 2 is 1.47 bits per heavy atom. The van der Waals surface area contributed by atoms with Crippen molar-refractivity contribution in [2.45, 2.75) is 56.8 Å². The van der Waals surface area contributed by atoms with Gasteiger partial charge in [0.25, 0.3) is 5.91 Å². The Morgan fingerprint density at radius 1 is 0.816 bits per heavy atom. The second-order valence-corrected chi connectivity index (χ2v) is 14.4. The van der Waals surface area contributed by atoms with Crippen molar-refractivity contribution in [3.63, 3.8) is 0 Å². The van der Waals surface area contributed by atoms with Gasteiger partial charge >= 0.3 is 5.97 Å². The van der Waals surface area contributed by atoms with E-state index in [-0.39, 0.29) is 49.1 Å². The number of phenolic OH excluding ortho intramolecular Hbond substituents is 1. The highest BCUT2D eigenvalue weighted by molar-refractivity contribution is 7.92. The first-order valence-corrected chi connectivity index (χ1v) is 17.7. The molecule has 2 unspecified atom stereocenters. The third-order valence-corrected chi connectivity index (χ3v) is 10.5. The number of benzene rings is 4. The summed E-state index contributed by atoms with van der Waals surface area (Å²) in [6.45, 7) is 7.12. The number of anilines is 2. The molecule has 0 aliphatic carbocycles. The number of ether oxygens (including phenoxy) is 2. The molecular formula is C35H33Cl3N2O8S. The average molecular weight is 748 g/mol. The fourth-order valence-electron chi connectivity index (χ4n) is 4.82. The van der Waals surface area contributed by atoms with Crippen molar-refractivity contribution in [2.75, 3.05) is 10.6 Å². The molecular weight excluding hydrogens is 715 g/mol. The smallest absolute Gasteiger partial charge is 0.352 e. The number of rotatable bonds is 12. The highest BCUT2D eigenvalue weighted by atomic mass is 35.5. The Morgan fingerprint density at radius 3 is 2.06 bits per heavy atom. The zero-order valence-corrected chi connectivity index (χ0v) is 29.9. The van der Waals surface area contributed by atoms with Gasteiger partial charge in [-0.1, -0.05) is 84.5 Å². The minimum absolute atomic E-state index is 0.0113. The lowest BCUT2D eigenvalue weighted by Crippen LogP contribution is -2.34. The van der Waals surface area contributed by atoms with Crippen LogP contribution in [0.4, 0.5) is 11.4 Å². The molecule has 4 aromatic rings. The van der Waals surface area contributed by atoms with Crippen molar-refractivity contribution in [3.05, 3.63) is 105 Å². The summed E-state index contributed by atoms with van der Waals surface area (Å²) < 4.78 is 37.5. The standard InChI is InChI=1S/C35H33Cl3N2O8S/c1-5-29(47-30-13-12-19(3)14-20(30)4)35(44)48-32-24(37)15-21(16-25(32)38)33(42)40-27-17-23(36)26(18-28(27)41)39-34(43)31(6-2)49(45,46)22-10-8-7-9-11-22/h7-18,29,31,41H,5-6H2,1-4H3,(H,39,43)(H,40,42). The van der Waals surface area contributed by atoms with Gasteiger partial charge in [0.1, 0.15) is 16.7 Å². The summed E-state index contributed by atoms with van der Waals surface area (Å²) in [5, 5.41) is 13.8. The van der Waals surface area contributed by atoms with Gasteiger partial charge in [-0.05, 0) is 68.7 Å². The predicted molar refractivity (Wildman–Crippen MR) is 190 cm³/mol. The van der Waals surface area contributed by atoms with Crippen LogP contribution in [0.1, 0.15) is 48.2 Å². The summed E-state index contributed by atoms with van der Waals surface area (Å²) in [5.41, 5.74) is 1.64. The number of aryl methyl sites for hydroxylation is 2. The Labute approximate surface area is 299 Å². The zero-order chi connectivity index (χ0) is 36.0. The number of phenols is 1. The summed E-state index contributed by atoms with van der Waals surface area (Å²) in [6.07, 6.45) is -0.690. The summed E-state index contributed by atoms with van der Waals surface area (Å²) in [6, 6.07) is 17.8. The fraction of sp³-hybridized carbons (Fsp3) is 0.229. The summed E-state index contributed by atoms with van der Waals surface area (Å²) in [5.74, 6) is -2.47. The van der Waals surface area contributed by atoms with Crippen molar-refractivity contribution < 1.29 is 37.4 Å². The van der Waals surface area contributed by atoms with Gasteiger partial charge in [-0.3, -0.25) is 9.59 Å². The van der Waals surface area contributed by atoms with E-state index in [1.54, 1.807) is 38.1 Å². The number of amides is 2. The lowest BCUT2D eigenvalue weighted by molar-refractivity contribution is -0.142. The minimum atomic E-state index is -4.02. The third kappa shape index (κ3) is 8.85. The van der Waals surface area contributed by atoms with Gasteiger partial charge in [0.05, 0.1) is 31.3 Å². The van der Waals surface area contributed by atoms with E-state index in [0.717, 1.165) is 17.2 Å². The number of esters is 1. The maximum Gasteiger partial charge on any atom is 0.352 e. The van der Waals surface area contributed by atoms with Gasteiger partial charge in [-0.25, -0.2) is 13.2 Å². The lowest BCUT2D eigenvalue weighted by atomic mass is 10.1. The largest absolute Gasteiger partial charge is 0.506 e. The van der Waals surface area contributed by atoms with Crippen LogP contribution in [0.25, 0.3) is 0 Å². The first kappa shape index (κ1) is 37.5. The maximum atomic E-state index is 13.1. The van der Waals surface area contributed by atoms with E-state index in [1.807, 2.05) is 26.0 Å². The van der Waals surface area contributed by atoms with Crippen LogP contribution in [0.2, 0.25) is 15.1 Å². The molecule has 2 atom stereocenters. The van der Waals surface area contributed by atoms with Gasteiger partial charge in [-0.15, -0.1) is 0 Å². The molecule has 0 fully saturated rings. The molecule has 49 heavy (non-hydrogen) atoms. The second kappa shape index (κ2) is 15.9. The average Bonchev–Trinajstić information content (AvgIpc) is 3.05. The lowest BCUT2D eigenvalue weighted by Gasteiger charge is -2.19. The number of nitrogens with one attached hydrogen (secondary N) is 2. The first-order chi connectivity index (χ1) is 23.2. The topological polar surface area (TPSA) is 148 Å². The van der Waals surface area contributed by atoms with Gasteiger partial charge < -0.3 is 25.2 Å². The monoisotopic (exact) mass is 746 g/mol. The van der Waals surface area contributed by atoms with E-state index in [4.69, 9.17) is 44.3 Å². The van der Waals surface area contributed by atoms with Gasteiger partial charge in [-0.2, -0.15) is 0 Å². The molecule has 0 saturated carbocycles. The van der Waals surface area contributed by atoms with Crippen LogP contribution in [-0.4, -0.2) is 42.7 Å². The predicted octanol–water partition coefficient (Wildman–Crippen LogP) is 8.18. The molecule has 3 N–H and O–H groups in total. The molecule has 0 aromatic heterocycles. The first-order valence-electron chi connectivity index (χ1n) is 15.0. The Kier molecular flexibility index (Phi) is 12.2. The zero-order valence-electron chi connectivity index (χ0n) is 26.8. The number of halogens is 3. The van der Waals surface area contributed by atoms with Crippen molar-refractivity contribution in [1.82, 2.24) is 0 Å². The molecule has 0 aliphatic heterocycles. The molecule has 0 saturated heterocycles. The summed E-state index contributed by atoms with van der Waals surface area (Å²) in [4.78, 5) is 39.1. The number of hydrogen-bond acceptors (Lipinski definition) is 8. The van der Waals surface area contributed by atoms with Crippen LogP contribution in [0.5, 0.6) is 17.2 Å². The van der Waals surface area contributed by atoms with Crippen molar-refractivity contribution in [3.8, 4) is 17.2 Å². The number of hydrogen-bond donors (Lipinski definition) is 3. The van der Waals surface area contributed by atoms with E-state index in [2.05, 4.69) is 10.6 Å². The number of carbonyl (C=O) groups excluding carboxylic acids is 3. The molecule has 10 nitrogen and oxygen atoms in total. The molecule has 4 aromatic carbocycles. The van der Waals surface area contributed by atoms with Crippen molar-refractivity contribution in [1.29, 1.82) is 0 Å². The van der Waals surface area contributed by atoms with Crippen molar-refractivity contribution >= 4 is 73.8 Å². The SMILES string of the molecule is CCC(Oc1ccc(C)cc1C)C(=O)Oc1c(Cl)cc(C(=O)Nc2cc(Cl)c(NC(=O)C(CC)S(=O)(=O)c3ccccc3)cc2O)cc1Cl.